The topological polar surface area (TPSA) is 171 Å². The average molecular weight is 221 g/mol. The average Bonchev–Trinajstić information content (AvgIpc) is 2.83. The minimum Gasteiger partial charge on any atom is -0.598 e. The maximum atomic E-state index is 8.48. The van der Waals surface area contributed by atoms with E-state index in [0.29, 0.717) is 0 Å². The Morgan fingerprint density at radius 2 is 1.36 bits per heavy atom. The smallest absolute Gasteiger partial charge is 0.276 e. The zero-order valence-corrected chi connectivity index (χ0v) is 7.56. The van der Waals surface area contributed by atoms with Crippen LogP contribution in [-0.2, 0) is 4.57 Å². The van der Waals surface area contributed by atoms with E-state index in [4.69, 9.17) is 14.4 Å². The van der Waals surface area contributed by atoms with E-state index in [1.807, 2.05) is 0 Å². The molecular weight excluding hydrogens is 215 g/mol. The Morgan fingerprint density at radius 3 is 1.43 bits per heavy atom. The molecule has 0 fully saturated rings. The fourth-order valence-corrected chi connectivity index (χ4v) is 0.298. The molecular formula is C2H6N8O3P+. The molecule has 12 heteroatoms. The lowest BCUT2D eigenvalue weighted by molar-refractivity contribution is -0.538. The Bertz CT molecular complexity index is 226. The van der Waals surface area contributed by atoms with E-state index in [1.165, 1.54) is 23.5 Å². The Morgan fingerprint density at radius 1 is 1.00 bits per heavy atom. The Kier molecular flexibility index (Phi) is 8.53. The molecule has 76 valence electrons. The van der Waals surface area contributed by atoms with E-state index >= 15 is 0 Å². The van der Waals surface area contributed by atoms with Crippen LogP contribution >= 0.6 is 8.25 Å². The largest absolute Gasteiger partial charge is 0.598 e. The van der Waals surface area contributed by atoms with Crippen LogP contribution in [0.4, 0.5) is 0 Å². The summed E-state index contributed by atoms with van der Waals surface area (Å²) in [7, 11) is -3.37. The molecule has 2 aliphatic heterocycles. The minimum absolute atomic E-state index is 1.53. The molecule has 11 nitrogen and oxygen atoms in total. The molecule has 0 atom stereocenters. The fourth-order valence-electron chi connectivity index (χ4n) is 0.298. The van der Waals surface area contributed by atoms with Gasteiger partial charge in [-0.3, -0.25) is 0 Å². The maximum Gasteiger partial charge on any atom is 0.276 e. The second kappa shape index (κ2) is 9.57. The SMILES string of the molecule is C1=NN=N[NH2+]1.C1=NN=N[NH2+]1.O=[P+]([O-])[O-]. The highest BCUT2D eigenvalue weighted by Crippen LogP contribution is 1.79. The third-order valence-corrected chi connectivity index (χ3v) is 0.607. The molecule has 0 aliphatic carbocycles. The molecule has 0 radical (unpaired) electrons. The summed E-state index contributed by atoms with van der Waals surface area (Å²) in [5, 5.41) is 19.9. The molecule has 0 aromatic rings. The molecule has 0 unspecified atom stereocenters. The second-order valence-electron chi connectivity index (χ2n) is 1.46. The van der Waals surface area contributed by atoms with E-state index in [9.17, 15) is 0 Å². The van der Waals surface area contributed by atoms with E-state index in [0.717, 1.165) is 0 Å². The number of hydrogen-bond donors (Lipinski definition) is 2. The van der Waals surface area contributed by atoms with Gasteiger partial charge in [0.2, 0.25) is 12.7 Å². The minimum atomic E-state index is -3.37. The first-order chi connectivity index (χ1) is 6.73. The van der Waals surface area contributed by atoms with Gasteiger partial charge in [-0.2, -0.15) is 10.9 Å². The lowest BCUT2D eigenvalue weighted by Gasteiger charge is -1.75. The van der Waals surface area contributed by atoms with Crippen molar-refractivity contribution in [2.24, 2.45) is 31.1 Å². The summed E-state index contributed by atoms with van der Waals surface area (Å²) in [4.78, 5) is 17.0. The third-order valence-electron chi connectivity index (χ3n) is 0.607. The van der Waals surface area contributed by atoms with E-state index in [2.05, 4.69) is 31.1 Å². The Labute approximate surface area is 78.2 Å². The standard InChI is InChI=1S/2CH2N4.HO3P/c2*1-2-4-5-3-1;1-4(2)3/h2*1H,(H,2,3,4,5);(H,1,2,3)/p+1. The number of nitrogens with two attached hydrogens (primary N) is 2. The first-order valence-electron chi connectivity index (χ1n) is 3.05. The summed E-state index contributed by atoms with van der Waals surface area (Å²) >= 11 is 0. The molecule has 0 saturated carbocycles. The molecule has 0 spiro atoms. The Balaban J connectivity index is 0.000000183. The van der Waals surface area contributed by atoms with Gasteiger partial charge in [0, 0.05) is 10.4 Å². The maximum absolute atomic E-state index is 8.48. The van der Waals surface area contributed by atoms with Gasteiger partial charge in [-0.15, -0.1) is 0 Å². The second-order valence-corrected chi connectivity index (χ2v) is 1.91. The van der Waals surface area contributed by atoms with Gasteiger partial charge in [0.05, 0.1) is 10.4 Å². The summed E-state index contributed by atoms with van der Waals surface area (Å²) in [6.07, 6.45) is 3.06. The van der Waals surface area contributed by atoms with Gasteiger partial charge in [0.25, 0.3) is 8.25 Å². The van der Waals surface area contributed by atoms with Gasteiger partial charge in [-0.1, -0.05) is 14.8 Å². The zero-order chi connectivity index (χ0) is 10.6. The van der Waals surface area contributed by atoms with Crippen LogP contribution in [0.1, 0.15) is 0 Å². The first kappa shape index (κ1) is 12.5. The van der Waals surface area contributed by atoms with Crippen molar-refractivity contribution in [3.63, 3.8) is 0 Å². The molecule has 2 heterocycles. The van der Waals surface area contributed by atoms with Gasteiger partial charge >= 0.3 is 0 Å². The lowest BCUT2D eigenvalue weighted by atomic mass is 11.4. The van der Waals surface area contributed by atoms with Crippen LogP contribution in [0, 0.1) is 0 Å². The molecule has 4 N–H and O–H groups in total. The van der Waals surface area contributed by atoms with Gasteiger partial charge in [0.1, 0.15) is 0 Å². The molecule has 0 saturated heterocycles. The van der Waals surface area contributed by atoms with Crippen LogP contribution in [0.25, 0.3) is 0 Å². The summed E-state index contributed by atoms with van der Waals surface area (Å²) in [6, 6.07) is 0. The molecule has 2 rings (SSSR count). The zero-order valence-electron chi connectivity index (χ0n) is 6.66. The molecule has 0 amide bonds. The van der Waals surface area contributed by atoms with Crippen molar-refractivity contribution in [2.45, 2.75) is 0 Å². The molecule has 0 aromatic carbocycles. The van der Waals surface area contributed by atoms with E-state index in [-0.39, 0.29) is 0 Å². The molecule has 0 aromatic heterocycles. The van der Waals surface area contributed by atoms with Crippen LogP contribution < -0.4 is 20.6 Å². The normalized spacial score (nSPS) is 14.4. The molecule has 0 bridgehead atoms. The van der Waals surface area contributed by atoms with Gasteiger partial charge in [-0.05, 0) is 0 Å². The van der Waals surface area contributed by atoms with Crippen molar-refractivity contribution in [3.05, 3.63) is 0 Å². The van der Waals surface area contributed by atoms with Gasteiger partial charge in [-0.25, -0.2) is 0 Å². The van der Waals surface area contributed by atoms with Crippen LogP contribution in [0.3, 0.4) is 0 Å². The molecule has 14 heavy (non-hydrogen) atoms. The summed E-state index contributed by atoms with van der Waals surface area (Å²) in [6.45, 7) is 0. The highest BCUT2D eigenvalue weighted by Gasteiger charge is 1.80. The third kappa shape index (κ3) is 13.1. The summed E-state index contributed by atoms with van der Waals surface area (Å²) in [5.74, 6) is 0. The number of nitrogens with zero attached hydrogens (tertiary/aromatic N) is 6. The fraction of sp³-hybridized carbons (Fsp3) is 0. The number of quaternary nitrogens is 2. The summed E-state index contributed by atoms with van der Waals surface area (Å²) in [5.41, 5.74) is 3.06. The number of hydrogen-bond acceptors (Lipinski definition) is 9. The van der Waals surface area contributed by atoms with Crippen molar-refractivity contribution < 1.29 is 25.2 Å². The van der Waals surface area contributed by atoms with Crippen molar-refractivity contribution in [1.29, 1.82) is 0 Å². The first-order valence-corrected chi connectivity index (χ1v) is 4.14. The van der Waals surface area contributed by atoms with Crippen molar-refractivity contribution in [3.8, 4) is 0 Å². The molecule has 2 aliphatic rings. The summed E-state index contributed by atoms with van der Waals surface area (Å²) < 4.78 is 8.48. The van der Waals surface area contributed by atoms with E-state index < -0.39 is 8.25 Å². The number of rotatable bonds is 0. The Hall–Kier alpha value is -1.52. The van der Waals surface area contributed by atoms with Gasteiger partial charge < -0.3 is 9.79 Å². The highest BCUT2D eigenvalue weighted by atomic mass is 31.1. The van der Waals surface area contributed by atoms with Gasteiger partial charge in [0.15, 0.2) is 0 Å². The monoisotopic (exact) mass is 221 g/mol. The predicted octanol–water partition coefficient (Wildman–Crippen LogP) is -3.89. The highest BCUT2D eigenvalue weighted by molar-refractivity contribution is 7.27. The van der Waals surface area contributed by atoms with Crippen LogP contribution in [0.2, 0.25) is 0 Å². The predicted molar refractivity (Wildman–Crippen MR) is 38.2 cm³/mol. The van der Waals surface area contributed by atoms with Crippen molar-refractivity contribution in [2.75, 3.05) is 0 Å². The van der Waals surface area contributed by atoms with Crippen molar-refractivity contribution in [1.82, 2.24) is 0 Å². The van der Waals surface area contributed by atoms with Crippen LogP contribution in [-0.4, -0.2) is 12.7 Å². The van der Waals surface area contributed by atoms with Crippen LogP contribution in [0.15, 0.2) is 31.1 Å². The van der Waals surface area contributed by atoms with E-state index in [1.54, 1.807) is 0 Å². The quantitative estimate of drug-likeness (QED) is 0.315. The lowest BCUT2D eigenvalue weighted by Crippen LogP contribution is -2.74. The van der Waals surface area contributed by atoms with Crippen LogP contribution in [0.5, 0.6) is 0 Å². The van der Waals surface area contributed by atoms with Crippen molar-refractivity contribution >= 4 is 20.9 Å².